The third kappa shape index (κ3) is 3.61. The van der Waals surface area contributed by atoms with Crippen LogP contribution in [0.15, 0.2) is 42.7 Å². The maximum absolute atomic E-state index is 12.4. The van der Waals surface area contributed by atoms with Crippen molar-refractivity contribution >= 4 is 15.7 Å². The molecule has 0 aliphatic carbocycles. The molecule has 0 unspecified atom stereocenters. The van der Waals surface area contributed by atoms with Crippen LogP contribution in [0.25, 0.3) is 0 Å². The third-order valence-electron chi connectivity index (χ3n) is 3.53. The van der Waals surface area contributed by atoms with Crippen LogP contribution in [0, 0.1) is 13.8 Å². The van der Waals surface area contributed by atoms with Gasteiger partial charge in [-0.1, -0.05) is 12.1 Å². The summed E-state index contributed by atoms with van der Waals surface area (Å²) in [5, 5.41) is 0. The Hall–Kier alpha value is -1.88. The maximum Gasteiger partial charge on any atom is 0.235 e. The van der Waals surface area contributed by atoms with E-state index >= 15 is 0 Å². The van der Waals surface area contributed by atoms with E-state index in [0.717, 1.165) is 16.7 Å². The van der Waals surface area contributed by atoms with Crippen LogP contribution < -0.4 is 4.31 Å². The highest BCUT2D eigenvalue weighted by Gasteiger charge is 2.21. The molecule has 2 aromatic rings. The molecule has 0 atom stereocenters. The van der Waals surface area contributed by atoms with Gasteiger partial charge in [0.25, 0.3) is 0 Å². The van der Waals surface area contributed by atoms with Gasteiger partial charge in [0.15, 0.2) is 0 Å². The quantitative estimate of drug-likeness (QED) is 0.853. The van der Waals surface area contributed by atoms with Crippen molar-refractivity contribution in [1.82, 2.24) is 4.98 Å². The molecule has 5 heteroatoms. The van der Waals surface area contributed by atoms with Crippen LogP contribution in [-0.2, 0) is 16.6 Å². The lowest BCUT2D eigenvalue weighted by Gasteiger charge is -2.24. The molecule has 0 aliphatic heterocycles. The highest BCUT2D eigenvalue weighted by atomic mass is 32.2. The van der Waals surface area contributed by atoms with Gasteiger partial charge in [0.05, 0.1) is 18.0 Å². The second-order valence-corrected chi connectivity index (χ2v) is 7.22. The Labute approximate surface area is 126 Å². The van der Waals surface area contributed by atoms with Crippen molar-refractivity contribution in [3.05, 3.63) is 59.4 Å². The van der Waals surface area contributed by atoms with Crippen molar-refractivity contribution in [3.8, 4) is 0 Å². The second kappa shape index (κ2) is 6.26. The van der Waals surface area contributed by atoms with Gasteiger partial charge >= 0.3 is 0 Å². The van der Waals surface area contributed by atoms with Crippen molar-refractivity contribution in [2.75, 3.05) is 10.1 Å². The fourth-order valence-electron chi connectivity index (χ4n) is 2.04. The van der Waals surface area contributed by atoms with Gasteiger partial charge in [-0.05, 0) is 55.7 Å². The monoisotopic (exact) mass is 304 g/mol. The van der Waals surface area contributed by atoms with E-state index in [0.29, 0.717) is 12.2 Å². The zero-order chi connectivity index (χ0) is 15.5. The number of hydrogen-bond donors (Lipinski definition) is 0. The summed E-state index contributed by atoms with van der Waals surface area (Å²) < 4.78 is 26.3. The van der Waals surface area contributed by atoms with Crippen LogP contribution in [0.1, 0.15) is 23.6 Å². The van der Waals surface area contributed by atoms with E-state index in [4.69, 9.17) is 0 Å². The van der Waals surface area contributed by atoms with Crippen LogP contribution >= 0.6 is 0 Å². The molecule has 112 valence electrons. The Kier molecular flexibility index (Phi) is 4.63. The topological polar surface area (TPSA) is 50.3 Å². The highest BCUT2D eigenvalue weighted by molar-refractivity contribution is 7.92. The normalized spacial score (nSPS) is 11.4. The Morgan fingerprint density at radius 3 is 2.48 bits per heavy atom. The molecule has 0 N–H and O–H groups in total. The number of benzene rings is 1. The first kappa shape index (κ1) is 15.5. The van der Waals surface area contributed by atoms with E-state index in [-0.39, 0.29) is 5.75 Å². The van der Waals surface area contributed by atoms with Gasteiger partial charge in [-0.2, -0.15) is 0 Å². The summed E-state index contributed by atoms with van der Waals surface area (Å²) in [5.41, 5.74) is 3.79. The molecular formula is C16H20N2O2S. The summed E-state index contributed by atoms with van der Waals surface area (Å²) in [6.07, 6.45) is 3.37. The summed E-state index contributed by atoms with van der Waals surface area (Å²) in [5.74, 6) is 0.0696. The smallest absolute Gasteiger partial charge is 0.235 e. The van der Waals surface area contributed by atoms with Crippen molar-refractivity contribution in [2.24, 2.45) is 0 Å². The summed E-state index contributed by atoms with van der Waals surface area (Å²) in [7, 11) is -3.34. The zero-order valence-corrected chi connectivity index (χ0v) is 13.4. The van der Waals surface area contributed by atoms with Crippen molar-refractivity contribution in [2.45, 2.75) is 27.3 Å². The first-order valence-electron chi connectivity index (χ1n) is 6.90. The molecule has 0 saturated heterocycles. The lowest BCUT2D eigenvalue weighted by molar-refractivity contribution is 0.591. The van der Waals surface area contributed by atoms with Gasteiger partial charge < -0.3 is 0 Å². The predicted molar refractivity (Wildman–Crippen MR) is 85.8 cm³/mol. The minimum Gasteiger partial charge on any atom is -0.266 e. The molecule has 1 aromatic carbocycles. The zero-order valence-electron chi connectivity index (χ0n) is 12.6. The lowest BCUT2D eigenvalue weighted by atomic mass is 10.1. The van der Waals surface area contributed by atoms with Crippen LogP contribution in [0.4, 0.5) is 5.69 Å². The number of rotatable bonds is 5. The fourth-order valence-corrected chi connectivity index (χ4v) is 3.14. The van der Waals surface area contributed by atoms with Crippen molar-refractivity contribution in [3.63, 3.8) is 0 Å². The summed E-state index contributed by atoms with van der Waals surface area (Å²) in [4.78, 5) is 4.05. The van der Waals surface area contributed by atoms with Crippen molar-refractivity contribution in [1.29, 1.82) is 0 Å². The largest absolute Gasteiger partial charge is 0.266 e. The van der Waals surface area contributed by atoms with E-state index in [1.807, 2.05) is 44.2 Å². The van der Waals surface area contributed by atoms with Gasteiger partial charge in [-0.15, -0.1) is 0 Å². The van der Waals surface area contributed by atoms with E-state index in [1.165, 1.54) is 4.31 Å². The first-order valence-corrected chi connectivity index (χ1v) is 8.51. The Balaban J connectivity index is 2.44. The van der Waals surface area contributed by atoms with E-state index in [1.54, 1.807) is 19.3 Å². The molecule has 4 nitrogen and oxygen atoms in total. The minimum atomic E-state index is -3.34. The molecule has 1 aromatic heterocycles. The number of nitrogens with zero attached hydrogens (tertiary/aromatic N) is 2. The molecule has 0 spiro atoms. The standard InChI is InChI=1S/C16H20N2O2S/c1-4-21(19,20)18(12-15-6-5-9-17-11-15)16-8-7-13(2)14(3)10-16/h5-11H,4,12H2,1-3H3. The predicted octanol–water partition coefficient (Wildman–Crippen LogP) is 3.05. The average molecular weight is 304 g/mol. The molecule has 2 rings (SSSR count). The van der Waals surface area contributed by atoms with Gasteiger partial charge in [0.1, 0.15) is 0 Å². The molecular weight excluding hydrogens is 284 g/mol. The van der Waals surface area contributed by atoms with E-state index < -0.39 is 10.0 Å². The molecule has 0 saturated carbocycles. The summed E-state index contributed by atoms with van der Waals surface area (Å²) in [6, 6.07) is 9.41. The number of aromatic nitrogens is 1. The number of hydrogen-bond acceptors (Lipinski definition) is 3. The van der Waals surface area contributed by atoms with Crippen LogP contribution in [0.3, 0.4) is 0 Å². The first-order chi connectivity index (χ1) is 9.94. The second-order valence-electron chi connectivity index (χ2n) is 5.04. The fraction of sp³-hybridized carbons (Fsp3) is 0.312. The number of pyridine rings is 1. The molecule has 0 bridgehead atoms. The minimum absolute atomic E-state index is 0.0696. The Morgan fingerprint density at radius 1 is 1.14 bits per heavy atom. The van der Waals surface area contributed by atoms with Crippen molar-refractivity contribution < 1.29 is 8.42 Å². The van der Waals surface area contributed by atoms with Crippen LogP contribution in [0.2, 0.25) is 0 Å². The van der Waals surface area contributed by atoms with E-state index in [9.17, 15) is 8.42 Å². The van der Waals surface area contributed by atoms with Crippen LogP contribution in [0.5, 0.6) is 0 Å². The highest BCUT2D eigenvalue weighted by Crippen LogP contribution is 2.24. The number of aryl methyl sites for hydroxylation is 2. The molecule has 0 radical (unpaired) electrons. The third-order valence-corrected chi connectivity index (χ3v) is 5.27. The van der Waals surface area contributed by atoms with Gasteiger partial charge in [0.2, 0.25) is 10.0 Å². The Bertz CT molecular complexity index is 712. The molecule has 0 amide bonds. The van der Waals surface area contributed by atoms with Gasteiger partial charge in [-0.3, -0.25) is 9.29 Å². The lowest BCUT2D eigenvalue weighted by Crippen LogP contribution is -2.32. The average Bonchev–Trinajstić information content (AvgIpc) is 2.49. The van der Waals surface area contributed by atoms with Gasteiger partial charge in [0, 0.05) is 12.4 Å². The molecule has 1 heterocycles. The number of anilines is 1. The SMILES string of the molecule is CCS(=O)(=O)N(Cc1cccnc1)c1ccc(C)c(C)c1. The summed E-state index contributed by atoms with van der Waals surface area (Å²) in [6.45, 7) is 5.96. The van der Waals surface area contributed by atoms with Crippen LogP contribution in [-0.4, -0.2) is 19.2 Å². The Morgan fingerprint density at radius 2 is 1.90 bits per heavy atom. The number of sulfonamides is 1. The summed E-state index contributed by atoms with van der Waals surface area (Å²) >= 11 is 0. The molecule has 0 aliphatic rings. The maximum atomic E-state index is 12.4. The molecule has 21 heavy (non-hydrogen) atoms. The van der Waals surface area contributed by atoms with E-state index in [2.05, 4.69) is 4.98 Å². The van der Waals surface area contributed by atoms with Gasteiger partial charge in [-0.25, -0.2) is 8.42 Å². The molecule has 0 fully saturated rings.